The maximum absolute atomic E-state index is 14.6. The van der Waals surface area contributed by atoms with Gasteiger partial charge in [0.1, 0.15) is 11.6 Å². The van der Waals surface area contributed by atoms with E-state index in [1.54, 1.807) is 25.3 Å². The van der Waals surface area contributed by atoms with Crippen LogP contribution in [0, 0.1) is 11.7 Å². The van der Waals surface area contributed by atoms with Gasteiger partial charge in [-0.25, -0.2) is 4.39 Å². The molecule has 1 amide bonds. The first-order valence-corrected chi connectivity index (χ1v) is 12.6. The predicted octanol–water partition coefficient (Wildman–Crippen LogP) is 5.08. The highest BCUT2D eigenvalue weighted by Crippen LogP contribution is 2.40. The van der Waals surface area contributed by atoms with Crippen LogP contribution in [0.15, 0.2) is 66.7 Å². The molecule has 0 radical (unpaired) electrons. The van der Waals surface area contributed by atoms with E-state index < -0.39 is 17.7 Å². The monoisotopic (exact) mass is 527 g/mol. The van der Waals surface area contributed by atoms with Crippen LogP contribution < -0.4 is 19.9 Å². The summed E-state index contributed by atoms with van der Waals surface area (Å²) >= 11 is 0. The number of para-hydroxylation sites is 1. The van der Waals surface area contributed by atoms with E-state index in [-0.39, 0.29) is 24.2 Å². The van der Waals surface area contributed by atoms with E-state index in [1.165, 1.54) is 12.1 Å². The van der Waals surface area contributed by atoms with Crippen LogP contribution in [0.3, 0.4) is 0 Å². The molecular formula is C29H29F4N3O2. The Morgan fingerprint density at radius 2 is 1.79 bits per heavy atom. The van der Waals surface area contributed by atoms with Crippen LogP contribution in [0.2, 0.25) is 0 Å². The fraction of sp³-hybridized carbons (Fsp3) is 0.345. The van der Waals surface area contributed by atoms with Gasteiger partial charge in [-0.15, -0.1) is 0 Å². The Morgan fingerprint density at radius 1 is 1.03 bits per heavy atom. The summed E-state index contributed by atoms with van der Waals surface area (Å²) in [6, 6.07) is 17.5. The number of ether oxygens (including phenoxy) is 1. The molecule has 5 rings (SSSR count). The number of halogens is 4. The van der Waals surface area contributed by atoms with E-state index in [4.69, 9.17) is 4.74 Å². The molecule has 2 aliphatic rings. The van der Waals surface area contributed by atoms with E-state index in [1.807, 2.05) is 34.1 Å². The molecule has 2 aliphatic heterocycles. The van der Waals surface area contributed by atoms with E-state index in [0.29, 0.717) is 49.5 Å². The first kappa shape index (κ1) is 25.9. The predicted molar refractivity (Wildman–Crippen MR) is 138 cm³/mol. The molecule has 5 nitrogen and oxygen atoms in total. The van der Waals surface area contributed by atoms with E-state index in [9.17, 15) is 22.4 Å². The van der Waals surface area contributed by atoms with Gasteiger partial charge in [0.2, 0.25) is 5.91 Å². The maximum Gasteiger partial charge on any atom is 0.416 e. The summed E-state index contributed by atoms with van der Waals surface area (Å²) in [4.78, 5) is 17.4. The van der Waals surface area contributed by atoms with Gasteiger partial charge in [-0.3, -0.25) is 4.79 Å². The Labute approximate surface area is 219 Å². The van der Waals surface area contributed by atoms with Gasteiger partial charge in [-0.1, -0.05) is 24.3 Å². The molecule has 3 aromatic rings. The van der Waals surface area contributed by atoms with Crippen molar-refractivity contribution in [1.29, 1.82) is 0 Å². The van der Waals surface area contributed by atoms with Crippen LogP contribution in [0.1, 0.15) is 16.7 Å². The number of rotatable bonds is 6. The van der Waals surface area contributed by atoms with Crippen molar-refractivity contribution >= 4 is 17.3 Å². The summed E-state index contributed by atoms with van der Waals surface area (Å²) in [7, 11) is 1.59. The number of hydrogen-bond donors (Lipinski definition) is 1. The summed E-state index contributed by atoms with van der Waals surface area (Å²) in [6.45, 7) is 1.73. The molecule has 0 aromatic heterocycles. The molecule has 2 unspecified atom stereocenters. The third kappa shape index (κ3) is 5.28. The van der Waals surface area contributed by atoms with Crippen LogP contribution in [-0.2, 0) is 23.8 Å². The van der Waals surface area contributed by atoms with E-state index in [0.717, 1.165) is 23.4 Å². The van der Waals surface area contributed by atoms with Crippen LogP contribution >= 0.6 is 0 Å². The summed E-state index contributed by atoms with van der Waals surface area (Å²) < 4.78 is 60.1. The molecule has 38 heavy (non-hydrogen) atoms. The average molecular weight is 528 g/mol. The van der Waals surface area contributed by atoms with Gasteiger partial charge in [-0.05, 0) is 66.4 Å². The van der Waals surface area contributed by atoms with Crippen molar-refractivity contribution in [2.75, 3.05) is 43.1 Å². The number of piperazine rings is 1. The number of hydrogen-bond acceptors (Lipinski definition) is 4. The minimum absolute atomic E-state index is 0.180. The summed E-state index contributed by atoms with van der Waals surface area (Å²) in [6.07, 6.45) is -3.68. The molecule has 3 aromatic carbocycles. The van der Waals surface area contributed by atoms with Crippen LogP contribution in [0.5, 0.6) is 5.75 Å². The molecule has 0 bridgehead atoms. The van der Waals surface area contributed by atoms with Crippen molar-refractivity contribution in [2.45, 2.75) is 25.1 Å². The van der Waals surface area contributed by atoms with E-state index >= 15 is 0 Å². The minimum atomic E-state index is -4.47. The lowest BCUT2D eigenvalue weighted by Gasteiger charge is -2.49. The van der Waals surface area contributed by atoms with Crippen molar-refractivity contribution in [3.8, 4) is 5.75 Å². The van der Waals surface area contributed by atoms with Gasteiger partial charge in [0.15, 0.2) is 0 Å². The smallest absolute Gasteiger partial charge is 0.416 e. The average Bonchev–Trinajstić information content (AvgIpc) is 2.92. The standard InChI is InChI=1S/C29H29F4N3O2/c1-38-22-9-6-19(7-10-22)12-13-34-28(37)23-17-20-16-21(29(31,32)33)8-11-25(20)36-15-14-35(18-27(23)36)26-5-3-2-4-24(26)30/h2-11,16,23,27H,12-15,17-18H2,1H3,(H,34,37). The second-order valence-electron chi connectivity index (χ2n) is 9.70. The molecule has 9 heteroatoms. The van der Waals surface area contributed by atoms with E-state index in [2.05, 4.69) is 5.32 Å². The highest BCUT2D eigenvalue weighted by Gasteiger charge is 2.43. The Balaban J connectivity index is 1.38. The lowest BCUT2D eigenvalue weighted by molar-refractivity contribution is -0.137. The number of anilines is 2. The molecule has 0 saturated carbocycles. The minimum Gasteiger partial charge on any atom is -0.497 e. The number of fused-ring (bicyclic) bond motifs is 3. The summed E-state index contributed by atoms with van der Waals surface area (Å²) in [5, 5.41) is 2.99. The fourth-order valence-electron chi connectivity index (χ4n) is 5.48. The summed E-state index contributed by atoms with van der Waals surface area (Å²) in [5.74, 6) is -0.399. The van der Waals surface area contributed by atoms with Gasteiger partial charge in [0, 0.05) is 31.9 Å². The molecule has 1 N–H and O–H groups in total. The van der Waals surface area contributed by atoms with Gasteiger partial charge in [0.05, 0.1) is 30.3 Å². The number of amides is 1. The molecule has 1 fully saturated rings. The SMILES string of the molecule is COc1ccc(CCNC(=O)C2Cc3cc(C(F)(F)F)ccc3N3CCN(c4ccccc4F)CC23)cc1. The first-order valence-electron chi connectivity index (χ1n) is 12.6. The maximum atomic E-state index is 14.6. The Morgan fingerprint density at radius 3 is 2.50 bits per heavy atom. The van der Waals surface area contributed by atoms with Gasteiger partial charge in [0.25, 0.3) is 0 Å². The normalized spacial score (nSPS) is 19.0. The van der Waals surface area contributed by atoms with Crippen LogP contribution in [-0.4, -0.2) is 45.2 Å². The Kier molecular flexibility index (Phi) is 7.19. The molecule has 1 saturated heterocycles. The largest absolute Gasteiger partial charge is 0.497 e. The number of benzene rings is 3. The fourth-order valence-corrected chi connectivity index (χ4v) is 5.48. The molecule has 0 aliphatic carbocycles. The van der Waals surface area contributed by atoms with Crippen molar-refractivity contribution < 1.29 is 27.1 Å². The Bertz CT molecular complexity index is 1300. The van der Waals surface area contributed by atoms with Crippen molar-refractivity contribution in [1.82, 2.24) is 5.32 Å². The second kappa shape index (κ2) is 10.6. The van der Waals surface area contributed by atoms with Crippen molar-refractivity contribution in [2.24, 2.45) is 5.92 Å². The van der Waals surface area contributed by atoms with Gasteiger partial charge >= 0.3 is 6.18 Å². The Hall–Kier alpha value is -3.75. The van der Waals surface area contributed by atoms with Gasteiger partial charge in [-0.2, -0.15) is 13.2 Å². The highest BCUT2D eigenvalue weighted by atomic mass is 19.4. The highest BCUT2D eigenvalue weighted by molar-refractivity contribution is 5.82. The topological polar surface area (TPSA) is 44.8 Å². The molecule has 2 heterocycles. The number of nitrogens with one attached hydrogen (secondary N) is 1. The zero-order chi connectivity index (χ0) is 26.9. The van der Waals surface area contributed by atoms with Crippen LogP contribution in [0.25, 0.3) is 0 Å². The lowest BCUT2D eigenvalue weighted by Crippen LogP contribution is -2.61. The van der Waals surface area contributed by atoms with Gasteiger partial charge < -0.3 is 19.9 Å². The molecule has 0 spiro atoms. The zero-order valence-electron chi connectivity index (χ0n) is 21.0. The second-order valence-corrected chi connectivity index (χ2v) is 9.70. The number of carbonyl (C=O) groups excluding carboxylic acids is 1. The lowest BCUT2D eigenvalue weighted by atomic mass is 9.82. The molecule has 2 atom stereocenters. The van der Waals surface area contributed by atoms with Crippen molar-refractivity contribution in [3.05, 3.63) is 89.2 Å². The third-order valence-corrected chi connectivity index (χ3v) is 7.44. The third-order valence-electron chi connectivity index (χ3n) is 7.44. The number of nitrogens with zero attached hydrogens (tertiary/aromatic N) is 2. The quantitative estimate of drug-likeness (QED) is 0.455. The number of carbonyl (C=O) groups is 1. The van der Waals surface area contributed by atoms with Crippen molar-refractivity contribution in [3.63, 3.8) is 0 Å². The summed E-state index contributed by atoms with van der Waals surface area (Å²) in [5.41, 5.74) is 1.98. The zero-order valence-corrected chi connectivity index (χ0v) is 21.0. The first-order chi connectivity index (χ1) is 18.2. The number of methoxy groups -OCH3 is 1. The molecule has 200 valence electrons. The van der Waals surface area contributed by atoms with Crippen LogP contribution in [0.4, 0.5) is 28.9 Å². The number of alkyl halides is 3. The molecular weight excluding hydrogens is 498 g/mol.